The molecule has 0 unspecified atom stereocenters. The average molecular weight is 354 g/mol. The summed E-state index contributed by atoms with van der Waals surface area (Å²) in [5, 5.41) is 9.52. The van der Waals surface area contributed by atoms with Gasteiger partial charge in [-0.15, -0.1) is 0 Å². The van der Waals surface area contributed by atoms with Crippen LogP contribution < -0.4 is 0 Å². The number of halogens is 1. The van der Waals surface area contributed by atoms with Crippen molar-refractivity contribution in [1.82, 2.24) is 4.57 Å². The van der Waals surface area contributed by atoms with E-state index in [1.54, 1.807) is 30.3 Å². The average Bonchev–Trinajstić information content (AvgIpc) is 3.06. The van der Waals surface area contributed by atoms with Crippen molar-refractivity contribution in [2.75, 3.05) is 0 Å². The molecule has 0 spiro atoms. The van der Waals surface area contributed by atoms with Crippen molar-refractivity contribution in [2.24, 2.45) is 0 Å². The third-order valence-electron chi connectivity index (χ3n) is 3.34. The molecule has 1 aromatic heterocycles. The van der Waals surface area contributed by atoms with Crippen LogP contribution in [0.25, 0.3) is 27.5 Å². The highest BCUT2D eigenvalue weighted by atomic mass is 79.9. The maximum atomic E-state index is 9.40. The predicted octanol–water partition coefficient (Wildman–Crippen LogP) is 5.42. The van der Waals surface area contributed by atoms with Gasteiger partial charge in [0.15, 0.2) is 0 Å². The molecule has 4 aromatic rings. The molecule has 0 saturated heterocycles. The molecule has 0 aliphatic carbocycles. The van der Waals surface area contributed by atoms with Crippen molar-refractivity contribution in [1.29, 1.82) is 5.26 Å². The van der Waals surface area contributed by atoms with E-state index in [4.69, 9.17) is 9.60 Å². The maximum Gasteiger partial charge on any atom is 0.0991 e. The number of para-hydroxylation sites is 1. The number of nitriles is 1. The standard InChI is InChI=1S/C19H11BrN2/c20-14-4-3-5-15(11-14)22-18-7-2-1-6-16(18)17-10-13(12-21)8-9-19(17)22/h1-11H/i1D,2D,6D,7D,8D,9D,10D. The van der Waals surface area contributed by atoms with E-state index >= 15 is 0 Å². The van der Waals surface area contributed by atoms with Crippen molar-refractivity contribution < 1.29 is 9.60 Å². The third kappa shape index (κ3) is 1.93. The Morgan fingerprint density at radius 3 is 2.68 bits per heavy atom. The van der Waals surface area contributed by atoms with Gasteiger partial charge in [-0.05, 0) is 42.4 Å². The van der Waals surface area contributed by atoms with Gasteiger partial charge in [0.1, 0.15) is 0 Å². The highest BCUT2D eigenvalue weighted by Gasteiger charge is 2.12. The van der Waals surface area contributed by atoms with Crippen LogP contribution in [0, 0.1) is 11.3 Å². The Kier molecular flexibility index (Phi) is 1.74. The van der Waals surface area contributed by atoms with Crippen LogP contribution in [0.1, 0.15) is 15.2 Å². The molecule has 0 N–H and O–H groups in total. The number of nitrogens with zero attached hydrogens (tertiary/aromatic N) is 2. The van der Waals surface area contributed by atoms with Crippen molar-refractivity contribution >= 4 is 37.7 Å². The Hall–Kier alpha value is -2.57. The molecule has 3 aromatic carbocycles. The Bertz CT molecular complexity index is 1400. The molecule has 0 fully saturated rings. The summed E-state index contributed by atoms with van der Waals surface area (Å²) in [6.07, 6.45) is 0. The van der Waals surface area contributed by atoms with Crippen molar-refractivity contribution in [3.05, 3.63) is 76.6 Å². The lowest BCUT2D eigenvalue weighted by Crippen LogP contribution is -1.93. The van der Waals surface area contributed by atoms with Gasteiger partial charge in [0, 0.05) is 20.9 Å². The third-order valence-corrected chi connectivity index (χ3v) is 3.83. The second-order valence-electron chi connectivity index (χ2n) is 4.62. The van der Waals surface area contributed by atoms with Gasteiger partial charge in [0.2, 0.25) is 0 Å². The molecular formula is C19H11BrN2. The summed E-state index contributed by atoms with van der Waals surface area (Å²) < 4.78 is 60.2. The van der Waals surface area contributed by atoms with Crippen LogP contribution in [-0.2, 0) is 0 Å². The monoisotopic (exact) mass is 353 g/mol. The van der Waals surface area contributed by atoms with Gasteiger partial charge >= 0.3 is 0 Å². The van der Waals surface area contributed by atoms with Crippen LogP contribution in [0.15, 0.2) is 71.0 Å². The Morgan fingerprint density at radius 1 is 1.05 bits per heavy atom. The van der Waals surface area contributed by atoms with Gasteiger partial charge in [-0.3, -0.25) is 0 Å². The van der Waals surface area contributed by atoms with Gasteiger partial charge < -0.3 is 4.57 Å². The number of hydrogen-bond donors (Lipinski definition) is 0. The molecule has 0 aliphatic rings. The molecule has 4 rings (SSSR count). The van der Waals surface area contributed by atoms with Gasteiger partial charge in [-0.25, -0.2) is 0 Å². The summed E-state index contributed by atoms with van der Waals surface area (Å²) in [7, 11) is 0. The smallest absolute Gasteiger partial charge is 0.0991 e. The second kappa shape index (κ2) is 5.01. The molecule has 1 heterocycles. The van der Waals surface area contributed by atoms with Crippen LogP contribution in [0.5, 0.6) is 0 Å². The number of benzene rings is 3. The van der Waals surface area contributed by atoms with E-state index in [-0.39, 0.29) is 51.5 Å². The highest BCUT2D eigenvalue weighted by Crippen LogP contribution is 2.33. The minimum absolute atomic E-state index is 0.0565. The molecule has 0 atom stereocenters. The van der Waals surface area contributed by atoms with Gasteiger partial charge in [-0.1, -0.05) is 40.1 Å². The summed E-state index contributed by atoms with van der Waals surface area (Å²) in [6, 6.07) is 6.08. The molecule has 22 heavy (non-hydrogen) atoms. The molecular weight excluding hydrogens is 336 g/mol. The molecule has 0 amide bonds. The first-order valence-electron chi connectivity index (χ1n) is 9.90. The van der Waals surface area contributed by atoms with Crippen LogP contribution >= 0.6 is 15.9 Å². The van der Waals surface area contributed by atoms with Crippen LogP contribution in [0.3, 0.4) is 0 Å². The second-order valence-corrected chi connectivity index (χ2v) is 5.54. The van der Waals surface area contributed by atoms with Gasteiger partial charge in [-0.2, -0.15) is 5.26 Å². The zero-order chi connectivity index (χ0) is 21.2. The first-order valence-corrected chi connectivity index (χ1v) is 7.20. The highest BCUT2D eigenvalue weighted by molar-refractivity contribution is 9.10. The van der Waals surface area contributed by atoms with Gasteiger partial charge in [0.05, 0.1) is 32.3 Å². The van der Waals surface area contributed by atoms with Crippen LogP contribution in [0.4, 0.5) is 0 Å². The normalized spacial score (nSPS) is 15.4. The van der Waals surface area contributed by atoms with E-state index in [9.17, 15) is 5.26 Å². The quantitative estimate of drug-likeness (QED) is 0.449. The van der Waals surface area contributed by atoms with Crippen molar-refractivity contribution in [3.8, 4) is 11.8 Å². The summed E-state index contributed by atoms with van der Waals surface area (Å²) in [5.74, 6) is 0. The molecule has 2 nitrogen and oxygen atoms in total. The Balaban J connectivity index is 2.45. The fraction of sp³-hybridized carbons (Fsp3) is 0. The lowest BCUT2D eigenvalue weighted by molar-refractivity contribution is 1.18. The summed E-state index contributed by atoms with van der Waals surface area (Å²) >= 11 is 3.38. The molecule has 0 saturated carbocycles. The summed E-state index contributed by atoms with van der Waals surface area (Å²) in [6.45, 7) is 0. The van der Waals surface area contributed by atoms with E-state index in [1.807, 2.05) is 0 Å². The number of fused-ring (bicyclic) bond motifs is 3. The summed E-state index contributed by atoms with van der Waals surface area (Å²) in [5.41, 5.74) is 0.393. The number of aromatic nitrogens is 1. The lowest BCUT2D eigenvalue weighted by Gasteiger charge is -2.08. The zero-order valence-corrected chi connectivity index (χ0v) is 12.7. The van der Waals surface area contributed by atoms with E-state index in [0.29, 0.717) is 10.2 Å². The zero-order valence-electron chi connectivity index (χ0n) is 18.1. The Labute approximate surface area is 146 Å². The minimum Gasteiger partial charge on any atom is -0.309 e. The topological polar surface area (TPSA) is 28.7 Å². The fourth-order valence-corrected chi connectivity index (χ4v) is 2.83. The maximum absolute atomic E-state index is 9.40. The van der Waals surface area contributed by atoms with E-state index < -0.39 is 18.1 Å². The van der Waals surface area contributed by atoms with E-state index in [2.05, 4.69) is 15.9 Å². The fourth-order valence-electron chi connectivity index (χ4n) is 2.44. The lowest BCUT2D eigenvalue weighted by atomic mass is 10.1. The van der Waals surface area contributed by atoms with Crippen molar-refractivity contribution in [2.45, 2.75) is 0 Å². The summed E-state index contributed by atoms with van der Waals surface area (Å²) in [4.78, 5) is 0. The van der Waals surface area contributed by atoms with E-state index in [1.165, 1.54) is 4.57 Å². The van der Waals surface area contributed by atoms with Crippen LogP contribution in [-0.4, -0.2) is 4.57 Å². The largest absolute Gasteiger partial charge is 0.309 e. The molecule has 0 bridgehead atoms. The first-order chi connectivity index (χ1) is 13.7. The molecule has 0 aliphatic heterocycles. The first kappa shape index (κ1) is 7.62. The minimum atomic E-state index is -0.463. The van der Waals surface area contributed by atoms with Crippen molar-refractivity contribution in [3.63, 3.8) is 0 Å². The predicted molar refractivity (Wildman–Crippen MR) is 93.2 cm³/mol. The molecule has 104 valence electrons. The number of hydrogen-bond acceptors (Lipinski definition) is 1. The van der Waals surface area contributed by atoms with E-state index in [0.717, 1.165) is 0 Å². The Morgan fingerprint density at radius 2 is 1.86 bits per heavy atom. The molecule has 0 radical (unpaired) electrons. The van der Waals surface area contributed by atoms with Gasteiger partial charge in [0.25, 0.3) is 0 Å². The van der Waals surface area contributed by atoms with Crippen LogP contribution in [0.2, 0.25) is 0 Å². The molecule has 3 heteroatoms. The number of rotatable bonds is 1. The SMILES string of the molecule is [2H]c1c([2H])c([2H])c2c(c1[2H])c1c([2H])c(C#N)c([2H])c([2H])c1n2-c1cccc(Br)c1.